The largest absolute Gasteiger partial charge is 0.370 e. The minimum atomic E-state index is -0.337. The van der Waals surface area contributed by atoms with E-state index in [1.54, 1.807) is 17.0 Å². The van der Waals surface area contributed by atoms with Gasteiger partial charge < -0.3 is 19.9 Å². The molecule has 1 heterocycles. The molecule has 2 aromatic rings. The Kier molecular flexibility index (Phi) is 8.00. The van der Waals surface area contributed by atoms with Crippen molar-refractivity contribution in [1.29, 1.82) is 0 Å². The molecule has 1 saturated heterocycles. The van der Waals surface area contributed by atoms with E-state index in [1.807, 2.05) is 7.05 Å². The first kappa shape index (κ1) is 21.7. The molecular formula is C22H29ClFN3O2+2. The molecule has 0 saturated carbocycles. The molecule has 0 aromatic heterocycles. The Morgan fingerprint density at radius 2 is 1.86 bits per heavy atom. The number of amides is 1. The average Bonchev–Trinajstić information content (AvgIpc) is 2.71. The van der Waals surface area contributed by atoms with Crippen molar-refractivity contribution < 1.29 is 23.7 Å². The van der Waals surface area contributed by atoms with Crippen molar-refractivity contribution >= 4 is 17.5 Å². The van der Waals surface area contributed by atoms with Crippen molar-refractivity contribution in [2.75, 3.05) is 39.9 Å². The molecule has 1 amide bonds. The number of hydrogen-bond donors (Lipinski definition) is 3. The standard InChI is InChI=1S/C22H27ClFN3O2/c1-26(15-19-20(23)3-2-4-21(19)24)16-22(28)25-13-17-5-7-18(8-6-17)14-27-9-11-29-12-10-27/h2-8H,9-16H2,1H3,(H,25,28)/p+2. The second-order valence-electron chi connectivity index (χ2n) is 7.64. The van der Waals surface area contributed by atoms with Crippen molar-refractivity contribution in [3.63, 3.8) is 0 Å². The number of carbonyl (C=O) groups is 1. The minimum absolute atomic E-state index is 0.0724. The maximum atomic E-state index is 13.9. The molecule has 3 rings (SSSR count). The normalized spacial score (nSPS) is 15.8. The number of hydrogen-bond acceptors (Lipinski definition) is 2. The van der Waals surface area contributed by atoms with Crippen molar-refractivity contribution in [3.8, 4) is 0 Å². The van der Waals surface area contributed by atoms with Crippen LogP contribution in [0.25, 0.3) is 0 Å². The third kappa shape index (κ3) is 6.78. The van der Waals surface area contributed by atoms with Crippen LogP contribution in [-0.2, 0) is 29.2 Å². The van der Waals surface area contributed by atoms with E-state index in [-0.39, 0.29) is 18.3 Å². The van der Waals surface area contributed by atoms with Gasteiger partial charge in [0.1, 0.15) is 32.0 Å². The number of morpholine rings is 1. The lowest BCUT2D eigenvalue weighted by atomic mass is 10.1. The number of carbonyl (C=O) groups excluding carboxylic acids is 1. The van der Waals surface area contributed by atoms with E-state index >= 15 is 0 Å². The van der Waals surface area contributed by atoms with Gasteiger partial charge in [-0.3, -0.25) is 4.79 Å². The van der Waals surface area contributed by atoms with Crippen LogP contribution in [0.3, 0.4) is 0 Å². The summed E-state index contributed by atoms with van der Waals surface area (Å²) in [6.45, 7) is 5.86. The molecule has 1 aliphatic heterocycles. The summed E-state index contributed by atoms with van der Waals surface area (Å²) in [4.78, 5) is 14.7. The minimum Gasteiger partial charge on any atom is -0.370 e. The van der Waals surface area contributed by atoms with Crippen LogP contribution in [0.15, 0.2) is 42.5 Å². The molecule has 29 heavy (non-hydrogen) atoms. The number of rotatable bonds is 8. The highest BCUT2D eigenvalue weighted by Gasteiger charge is 2.16. The van der Waals surface area contributed by atoms with Crippen molar-refractivity contribution in [3.05, 3.63) is 70.0 Å². The topological polar surface area (TPSA) is 47.2 Å². The number of benzene rings is 2. The van der Waals surface area contributed by atoms with Crippen LogP contribution >= 0.6 is 11.6 Å². The molecule has 5 nitrogen and oxygen atoms in total. The molecule has 0 bridgehead atoms. The Morgan fingerprint density at radius 1 is 1.17 bits per heavy atom. The lowest BCUT2D eigenvalue weighted by Gasteiger charge is -2.23. The lowest BCUT2D eigenvalue weighted by molar-refractivity contribution is -0.921. The summed E-state index contributed by atoms with van der Waals surface area (Å²) in [5.74, 6) is -0.409. The van der Waals surface area contributed by atoms with Gasteiger partial charge in [-0.05, 0) is 17.7 Å². The van der Waals surface area contributed by atoms with Crippen LogP contribution in [0.2, 0.25) is 5.02 Å². The number of ether oxygens (including phenoxy) is 1. The summed E-state index contributed by atoms with van der Waals surface area (Å²) in [7, 11) is 1.85. The molecule has 1 atom stereocenters. The smallest absolute Gasteiger partial charge is 0.275 e. The van der Waals surface area contributed by atoms with Gasteiger partial charge in [0.2, 0.25) is 0 Å². The maximum Gasteiger partial charge on any atom is 0.275 e. The third-order valence-corrected chi connectivity index (χ3v) is 5.52. The first-order chi connectivity index (χ1) is 14.0. The predicted octanol–water partition coefficient (Wildman–Crippen LogP) is 0.225. The molecule has 1 fully saturated rings. The molecule has 3 N–H and O–H groups in total. The molecular weight excluding hydrogens is 393 g/mol. The maximum absolute atomic E-state index is 13.9. The molecule has 0 spiro atoms. The Labute approximate surface area is 176 Å². The van der Waals surface area contributed by atoms with E-state index in [9.17, 15) is 9.18 Å². The Morgan fingerprint density at radius 3 is 2.55 bits per heavy atom. The number of halogens is 2. The third-order valence-electron chi connectivity index (χ3n) is 5.17. The molecule has 1 aliphatic rings. The van der Waals surface area contributed by atoms with Gasteiger partial charge in [0, 0.05) is 12.1 Å². The Hall–Kier alpha value is -1.99. The quantitative estimate of drug-likeness (QED) is 0.571. The predicted molar refractivity (Wildman–Crippen MR) is 110 cm³/mol. The van der Waals surface area contributed by atoms with Crippen molar-refractivity contribution in [2.45, 2.75) is 19.6 Å². The lowest BCUT2D eigenvalue weighted by Crippen LogP contribution is -3.12. The van der Waals surface area contributed by atoms with Crippen LogP contribution in [0.1, 0.15) is 16.7 Å². The molecule has 7 heteroatoms. The van der Waals surface area contributed by atoms with Crippen molar-refractivity contribution in [1.82, 2.24) is 5.32 Å². The summed E-state index contributed by atoms with van der Waals surface area (Å²) in [6, 6.07) is 13.0. The van der Waals surface area contributed by atoms with Crippen LogP contribution in [-0.4, -0.2) is 45.8 Å². The molecule has 0 radical (unpaired) electrons. The van der Waals surface area contributed by atoms with Gasteiger partial charge >= 0.3 is 0 Å². The fraction of sp³-hybridized carbons (Fsp3) is 0.409. The monoisotopic (exact) mass is 421 g/mol. The Bertz CT molecular complexity index is 790. The molecule has 0 aliphatic carbocycles. The van der Waals surface area contributed by atoms with Gasteiger partial charge in [0.15, 0.2) is 6.54 Å². The first-order valence-corrected chi connectivity index (χ1v) is 10.4. The molecule has 156 valence electrons. The van der Waals surface area contributed by atoms with Gasteiger partial charge in [-0.1, -0.05) is 41.9 Å². The summed E-state index contributed by atoms with van der Waals surface area (Å²) < 4.78 is 19.3. The van der Waals surface area contributed by atoms with Gasteiger partial charge in [0.25, 0.3) is 5.91 Å². The van der Waals surface area contributed by atoms with Crippen LogP contribution in [0.4, 0.5) is 4.39 Å². The zero-order valence-electron chi connectivity index (χ0n) is 16.8. The summed E-state index contributed by atoms with van der Waals surface area (Å²) >= 11 is 6.06. The SMILES string of the molecule is C[NH+](CC(=O)NCc1ccc(C[NH+]2CCOCC2)cc1)Cc1c(F)cccc1Cl. The highest BCUT2D eigenvalue weighted by molar-refractivity contribution is 6.31. The summed E-state index contributed by atoms with van der Waals surface area (Å²) in [5.41, 5.74) is 2.80. The molecule has 1 unspecified atom stereocenters. The zero-order valence-corrected chi connectivity index (χ0v) is 17.5. The van der Waals surface area contributed by atoms with Gasteiger partial charge in [-0.25, -0.2) is 4.39 Å². The first-order valence-electron chi connectivity index (χ1n) is 10.0. The number of quaternary nitrogens is 2. The second kappa shape index (κ2) is 10.7. The van der Waals surface area contributed by atoms with E-state index in [4.69, 9.17) is 16.3 Å². The van der Waals surface area contributed by atoms with E-state index in [0.717, 1.165) is 43.3 Å². The van der Waals surface area contributed by atoms with Crippen molar-refractivity contribution in [2.24, 2.45) is 0 Å². The van der Waals surface area contributed by atoms with Gasteiger partial charge in [-0.2, -0.15) is 0 Å². The van der Waals surface area contributed by atoms with Crippen LogP contribution in [0.5, 0.6) is 0 Å². The van der Waals surface area contributed by atoms with E-state index in [0.29, 0.717) is 23.7 Å². The number of likely N-dealkylation sites (N-methyl/N-ethyl adjacent to an activating group) is 1. The highest BCUT2D eigenvalue weighted by atomic mass is 35.5. The number of nitrogens with one attached hydrogen (secondary N) is 3. The van der Waals surface area contributed by atoms with Crippen LogP contribution in [0, 0.1) is 5.82 Å². The van der Waals surface area contributed by atoms with Crippen LogP contribution < -0.4 is 15.1 Å². The fourth-order valence-corrected chi connectivity index (χ4v) is 3.73. The highest BCUT2D eigenvalue weighted by Crippen LogP contribution is 2.17. The van der Waals surface area contributed by atoms with Gasteiger partial charge in [-0.15, -0.1) is 0 Å². The van der Waals surface area contributed by atoms with E-state index in [1.165, 1.54) is 11.6 Å². The van der Waals surface area contributed by atoms with E-state index < -0.39 is 0 Å². The molecule has 2 aromatic carbocycles. The fourth-order valence-electron chi connectivity index (χ4n) is 3.50. The summed E-state index contributed by atoms with van der Waals surface area (Å²) in [5, 5.41) is 3.33. The summed E-state index contributed by atoms with van der Waals surface area (Å²) in [6.07, 6.45) is 0. The second-order valence-corrected chi connectivity index (χ2v) is 8.05. The Balaban J connectivity index is 1.42. The average molecular weight is 422 g/mol. The zero-order chi connectivity index (χ0) is 20.6. The van der Waals surface area contributed by atoms with Gasteiger partial charge in [0.05, 0.1) is 30.8 Å². The van der Waals surface area contributed by atoms with E-state index in [2.05, 4.69) is 29.6 Å².